The third-order valence-electron chi connectivity index (χ3n) is 2.42. The quantitative estimate of drug-likeness (QED) is 0.900. The van der Waals surface area contributed by atoms with Gasteiger partial charge in [-0.25, -0.2) is 4.98 Å². The molecule has 0 radical (unpaired) electrons. The highest BCUT2D eigenvalue weighted by Crippen LogP contribution is 2.31. The minimum Gasteiger partial charge on any atom is -0.488 e. The number of hydrogen-bond acceptors (Lipinski definition) is 4. The Bertz CT molecular complexity index is 569. The molecule has 108 valence electrons. The monoisotopic (exact) mass is 302 g/mol. The second-order valence-electron chi connectivity index (χ2n) is 3.98. The highest BCUT2D eigenvalue weighted by atomic mass is 32.1. The van der Waals surface area contributed by atoms with Crippen LogP contribution >= 0.6 is 11.3 Å². The first-order valence-electron chi connectivity index (χ1n) is 5.97. The third kappa shape index (κ3) is 3.86. The largest absolute Gasteiger partial charge is 0.488 e. The fraction of sp³-hybridized carbons (Fsp3) is 0.308. The Balaban J connectivity index is 1.99. The lowest BCUT2D eigenvalue weighted by atomic mass is 10.2. The molecule has 0 aliphatic heterocycles. The molecule has 0 aliphatic rings. The standard InChI is InChI=1S/C13H13F3N2OS/c1-2-17-12-18-7-11(20-12)8-19-10-5-3-4-9(6-10)13(14,15)16/h3-7H,2,8H2,1H3,(H,17,18). The van der Waals surface area contributed by atoms with Crippen LogP contribution in [-0.4, -0.2) is 11.5 Å². The van der Waals surface area contributed by atoms with Crippen molar-refractivity contribution in [2.24, 2.45) is 0 Å². The number of anilines is 1. The van der Waals surface area contributed by atoms with Crippen molar-refractivity contribution in [2.45, 2.75) is 19.7 Å². The highest BCUT2D eigenvalue weighted by Gasteiger charge is 2.30. The zero-order valence-corrected chi connectivity index (χ0v) is 11.5. The van der Waals surface area contributed by atoms with Crippen molar-refractivity contribution in [1.82, 2.24) is 4.98 Å². The summed E-state index contributed by atoms with van der Waals surface area (Å²) in [5.74, 6) is 0.193. The van der Waals surface area contributed by atoms with Gasteiger partial charge in [-0.05, 0) is 25.1 Å². The van der Waals surface area contributed by atoms with Gasteiger partial charge in [-0.3, -0.25) is 0 Å². The van der Waals surface area contributed by atoms with Crippen LogP contribution in [0.3, 0.4) is 0 Å². The Kier molecular flexibility index (Phi) is 4.49. The number of benzene rings is 1. The first-order valence-corrected chi connectivity index (χ1v) is 6.79. The van der Waals surface area contributed by atoms with Gasteiger partial charge in [0, 0.05) is 12.7 Å². The summed E-state index contributed by atoms with van der Waals surface area (Å²) in [5.41, 5.74) is -0.715. The molecule has 0 amide bonds. The van der Waals surface area contributed by atoms with Crippen molar-refractivity contribution in [3.8, 4) is 5.75 Å². The number of nitrogens with zero attached hydrogens (tertiary/aromatic N) is 1. The minimum atomic E-state index is -4.36. The number of nitrogens with one attached hydrogen (secondary N) is 1. The zero-order chi connectivity index (χ0) is 14.6. The molecule has 0 saturated carbocycles. The van der Waals surface area contributed by atoms with E-state index in [1.807, 2.05) is 6.92 Å². The summed E-state index contributed by atoms with van der Waals surface area (Å²) in [6.07, 6.45) is -2.71. The predicted octanol–water partition coefficient (Wildman–Crippen LogP) is 4.17. The van der Waals surface area contributed by atoms with Crippen LogP contribution < -0.4 is 10.1 Å². The van der Waals surface area contributed by atoms with E-state index in [0.717, 1.165) is 28.7 Å². The topological polar surface area (TPSA) is 34.2 Å². The summed E-state index contributed by atoms with van der Waals surface area (Å²) < 4.78 is 43.0. The molecule has 7 heteroatoms. The van der Waals surface area contributed by atoms with Crippen molar-refractivity contribution in [1.29, 1.82) is 0 Å². The molecular weight excluding hydrogens is 289 g/mol. The Morgan fingerprint density at radius 2 is 2.15 bits per heavy atom. The number of halogens is 3. The van der Waals surface area contributed by atoms with Crippen LogP contribution in [0.25, 0.3) is 0 Å². The van der Waals surface area contributed by atoms with E-state index in [2.05, 4.69) is 10.3 Å². The number of rotatable bonds is 5. The van der Waals surface area contributed by atoms with Gasteiger partial charge < -0.3 is 10.1 Å². The van der Waals surface area contributed by atoms with E-state index in [1.54, 1.807) is 6.20 Å². The molecule has 0 atom stereocenters. The molecule has 1 aromatic carbocycles. The van der Waals surface area contributed by atoms with Gasteiger partial charge in [0.15, 0.2) is 5.13 Å². The summed E-state index contributed by atoms with van der Waals surface area (Å²) >= 11 is 1.42. The summed E-state index contributed by atoms with van der Waals surface area (Å²) in [7, 11) is 0. The first-order chi connectivity index (χ1) is 9.49. The van der Waals surface area contributed by atoms with Crippen LogP contribution in [0.5, 0.6) is 5.75 Å². The van der Waals surface area contributed by atoms with Crippen molar-refractivity contribution in [3.63, 3.8) is 0 Å². The number of aromatic nitrogens is 1. The van der Waals surface area contributed by atoms with Gasteiger partial charge in [-0.2, -0.15) is 13.2 Å². The van der Waals surface area contributed by atoms with Gasteiger partial charge >= 0.3 is 6.18 Å². The second kappa shape index (κ2) is 6.13. The average molecular weight is 302 g/mol. The smallest absolute Gasteiger partial charge is 0.416 e. The van der Waals surface area contributed by atoms with Crippen LogP contribution in [0.2, 0.25) is 0 Å². The zero-order valence-electron chi connectivity index (χ0n) is 10.7. The number of alkyl halides is 3. The molecule has 20 heavy (non-hydrogen) atoms. The Morgan fingerprint density at radius 1 is 1.35 bits per heavy atom. The fourth-order valence-electron chi connectivity index (χ4n) is 1.52. The second-order valence-corrected chi connectivity index (χ2v) is 5.09. The maximum atomic E-state index is 12.5. The van der Waals surface area contributed by atoms with Crippen LogP contribution in [0, 0.1) is 0 Å². The molecule has 1 heterocycles. The minimum absolute atomic E-state index is 0.193. The molecule has 0 fully saturated rings. The molecule has 1 N–H and O–H groups in total. The Hall–Kier alpha value is -1.76. The van der Waals surface area contributed by atoms with Crippen LogP contribution in [-0.2, 0) is 12.8 Å². The van der Waals surface area contributed by atoms with E-state index in [9.17, 15) is 13.2 Å². The van der Waals surface area contributed by atoms with E-state index >= 15 is 0 Å². The van der Waals surface area contributed by atoms with Gasteiger partial charge in [-0.1, -0.05) is 17.4 Å². The van der Waals surface area contributed by atoms with E-state index in [1.165, 1.54) is 23.5 Å². The van der Waals surface area contributed by atoms with E-state index in [-0.39, 0.29) is 12.4 Å². The molecule has 1 aromatic heterocycles. The van der Waals surface area contributed by atoms with Gasteiger partial charge in [0.1, 0.15) is 12.4 Å². The molecule has 2 aromatic rings. The van der Waals surface area contributed by atoms with Gasteiger partial charge in [0.05, 0.1) is 10.4 Å². The first kappa shape index (κ1) is 14.6. The molecule has 2 rings (SSSR count). The lowest BCUT2D eigenvalue weighted by Crippen LogP contribution is -2.05. The lowest BCUT2D eigenvalue weighted by molar-refractivity contribution is -0.137. The summed E-state index contributed by atoms with van der Waals surface area (Å²) in [6.45, 7) is 2.92. The van der Waals surface area contributed by atoms with Crippen LogP contribution in [0.15, 0.2) is 30.5 Å². The lowest BCUT2D eigenvalue weighted by Gasteiger charge is -2.09. The van der Waals surface area contributed by atoms with Gasteiger partial charge in [0.2, 0.25) is 0 Å². The van der Waals surface area contributed by atoms with E-state index < -0.39 is 11.7 Å². The normalized spacial score (nSPS) is 11.4. The molecule has 3 nitrogen and oxygen atoms in total. The summed E-state index contributed by atoms with van der Waals surface area (Å²) in [4.78, 5) is 4.97. The number of thiazole rings is 1. The maximum Gasteiger partial charge on any atom is 0.416 e. The average Bonchev–Trinajstić information content (AvgIpc) is 2.84. The fourth-order valence-corrected chi connectivity index (χ4v) is 2.32. The third-order valence-corrected chi connectivity index (χ3v) is 3.35. The maximum absolute atomic E-state index is 12.5. The van der Waals surface area contributed by atoms with Crippen molar-refractivity contribution >= 4 is 16.5 Å². The predicted molar refractivity (Wildman–Crippen MR) is 72.1 cm³/mol. The summed E-state index contributed by atoms with van der Waals surface area (Å²) in [6, 6.07) is 4.84. The van der Waals surface area contributed by atoms with Crippen molar-refractivity contribution < 1.29 is 17.9 Å². The van der Waals surface area contributed by atoms with E-state index in [4.69, 9.17) is 4.74 Å². The van der Waals surface area contributed by atoms with Crippen molar-refractivity contribution in [3.05, 3.63) is 40.9 Å². The molecule has 0 spiro atoms. The van der Waals surface area contributed by atoms with Gasteiger partial charge in [-0.15, -0.1) is 0 Å². The summed E-state index contributed by atoms with van der Waals surface area (Å²) in [5, 5.41) is 3.83. The number of hydrogen-bond donors (Lipinski definition) is 1. The Morgan fingerprint density at radius 3 is 2.85 bits per heavy atom. The molecule has 0 unspecified atom stereocenters. The SMILES string of the molecule is CCNc1ncc(COc2cccc(C(F)(F)F)c2)s1. The van der Waals surface area contributed by atoms with E-state index in [0.29, 0.717) is 0 Å². The van der Waals surface area contributed by atoms with Crippen molar-refractivity contribution in [2.75, 3.05) is 11.9 Å². The van der Waals surface area contributed by atoms with Crippen LogP contribution in [0.4, 0.5) is 18.3 Å². The van der Waals surface area contributed by atoms with Gasteiger partial charge in [0.25, 0.3) is 0 Å². The highest BCUT2D eigenvalue weighted by molar-refractivity contribution is 7.15. The molecule has 0 bridgehead atoms. The molecular formula is C13H13F3N2OS. The van der Waals surface area contributed by atoms with Crippen LogP contribution in [0.1, 0.15) is 17.4 Å². The number of ether oxygens (including phenoxy) is 1. The molecule has 0 aliphatic carbocycles. The Labute approximate surface area is 118 Å². The molecule has 0 saturated heterocycles.